The molecule has 1 N–H and O–H groups in total. The number of esters is 1. The van der Waals surface area contributed by atoms with Gasteiger partial charge in [-0.05, 0) is 64.5 Å². The SMILES string of the molecule is CC(C)(C)OC(=O)C[C@H](Cn1nnc(-c2cccc(OCCc3ccccc3)c2)n1)NC(=O)OC(C)(C)C. The first-order chi connectivity index (χ1) is 17.9. The summed E-state index contributed by atoms with van der Waals surface area (Å²) >= 11 is 0. The summed E-state index contributed by atoms with van der Waals surface area (Å²) in [5.41, 5.74) is 0.597. The number of tetrazole rings is 1. The second-order valence-electron chi connectivity index (χ2n) is 10.9. The summed E-state index contributed by atoms with van der Waals surface area (Å²) in [6, 6.07) is 16.9. The van der Waals surface area contributed by atoms with Crippen LogP contribution in [0.5, 0.6) is 5.75 Å². The van der Waals surface area contributed by atoms with E-state index in [4.69, 9.17) is 14.2 Å². The number of alkyl carbamates (subject to hydrolysis) is 1. The first kappa shape index (κ1) is 28.6. The lowest BCUT2D eigenvalue weighted by molar-refractivity contribution is -0.155. The lowest BCUT2D eigenvalue weighted by Gasteiger charge is -2.24. The third kappa shape index (κ3) is 10.2. The van der Waals surface area contributed by atoms with Gasteiger partial charge in [-0.1, -0.05) is 42.5 Å². The van der Waals surface area contributed by atoms with Crippen molar-refractivity contribution >= 4 is 12.1 Å². The predicted octanol–water partition coefficient (Wildman–Crippen LogP) is 4.59. The summed E-state index contributed by atoms with van der Waals surface area (Å²) in [4.78, 5) is 26.2. The van der Waals surface area contributed by atoms with Gasteiger partial charge in [0.2, 0.25) is 5.82 Å². The maximum atomic E-state index is 12.5. The highest BCUT2D eigenvalue weighted by Crippen LogP contribution is 2.21. The van der Waals surface area contributed by atoms with Gasteiger partial charge < -0.3 is 19.5 Å². The van der Waals surface area contributed by atoms with Crippen LogP contribution in [0, 0.1) is 0 Å². The molecule has 2 aromatic carbocycles. The third-order valence-corrected chi connectivity index (χ3v) is 4.99. The molecule has 38 heavy (non-hydrogen) atoms. The van der Waals surface area contributed by atoms with Crippen molar-refractivity contribution in [2.45, 2.75) is 78.2 Å². The van der Waals surface area contributed by atoms with Crippen molar-refractivity contribution in [1.29, 1.82) is 0 Å². The van der Waals surface area contributed by atoms with E-state index >= 15 is 0 Å². The van der Waals surface area contributed by atoms with Crippen LogP contribution in [0.3, 0.4) is 0 Å². The largest absolute Gasteiger partial charge is 0.493 e. The van der Waals surface area contributed by atoms with Crippen molar-refractivity contribution in [3.63, 3.8) is 0 Å². The van der Waals surface area contributed by atoms with Crippen molar-refractivity contribution in [3.8, 4) is 17.1 Å². The molecule has 0 saturated heterocycles. The summed E-state index contributed by atoms with van der Waals surface area (Å²) in [6.07, 6.45) is 0.0631. The summed E-state index contributed by atoms with van der Waals surface area (Å²) in [7, 11) is 0. The standard InChI is InChI=1S/C28H37N5O5/c1-27(2,3)37-24(34)18-22(29-26(35)38-28(4,5)6)19-33-31-25(30-32-33)21-13-10-14-23(17-21)36-16-15-20-11-8-7-9-12-20/h7-14,17,22H,15-16,18-19H2,1-6H3,(H,29,35)/t22-/m1/s1. The van der Waals surface area contributed by atoms with Crippen molar-refractivity contribution < 1.29 is 23.8 Å². The van der Waals surface area contributed by atoms with Crippen LogP contribution in [0.15, 0.2) is 54.6 Å². The zero-order valence-electron chi connectivity index (χ0n) is 22.9. The van der Waals surface area contributed by atoms with E-state index in [2.05, 4.69) is 32.9 Å². The Morgan fingerprint density at radius 1 is 0.947 bits per heavy atom. The molecule has 0 fully saturated rings. The van der Waals surface area contributed by atoms with Gasteiger partial charge in [-0.15, -0.1) is 10.2 Å². The number of carbonyl (C=O) groups excluding carboxylic acids is 2. The minimum atomic E-state index is -0.687. The van der Waals surface area contributed by atoms with Crippen LogP contribution in [0.1, 0.15) is 53.5 Å². The van der Waals surface area contributed by atoms with E-state index in [1.54, 1.807) is 41.5 Å². The molecule has 0 saturated carbocycles. The van der Waals surface area contributed by atoms with Gasteiger partial charge in [0, 0.05) is 12.0 Å². The minimum absolute atomic E-state index is 0.0852. The molecule has 0 unspecified atom stereocenters. The number of rotatable bonds is 10. The minimum Gasteiger partial charge on any atom is -0.493 e. The van der Waals surface area contributed by atoms with E-state index in [0.29, 0.717) is 18.2 Å². The number of aromatic nitrogens is 4. The van der Waals surface area contributed by atoms with Crippen LogP contribution in [-0.2, 0) is 27.2 Å². The number of nitrogens with one attached hydrogen (secondary N) is 1. The second-order valence-corrected chi connectivity index (χ2v) is 10.9. The summed E-state index contributed by atoms with van der Waals surface area (Å²) < 4.78 is 16.7. The average molecular weight is 524 g/mol. The molecule has 0 aliphatic heterocycles. The van der Waals surface area contributed by atoms with E-state index in [1.807, 2.05) is 42.5 Å². The number of nitrogens with zero attached hydrogens (tertiary/aromatic N) is 4. The molecule has 10 nitrogen and oxygen atoms in total. The van der Waals surface area contributed by atoms with Crippen LogP contribution in [0.25, 0.3) is 11.4 Å². The molecule has 0 bridgehead atoms. The van der Waals surface area contributed by atoms with E-state index in [1.165, 1.54) is 10.4 Å². The zero-order valence-corrected chi connectivity index (χ0v) is 22.9. The van der Waals surface area contributed by atoms with E-state index < -0.39 is 29.3 Å². The Bertz CT molecular complexity index is 1170. The first-order valence-corrected chi connectivity index (χ1v) is 12.6. The van der Waals surface area contributed by atoms with E-state index in [-0.39, 0.29) is 13.0 Å². The Balaban J connectivity index is 1.66. The highest BCUT2D eigenvalue weighted by molar-refractivity contribution is 5.73. The van der Waals surface area contributed by atoms with E-state index in [0.717, 1.165) is 12.0 Å². The molecular weight excluding hydrogens is 486 g/mol. The first-order valence-electron chi connectivity index (χ1n) is 12.6. The van der Waals surface area contributed by atoms with Gasteiger partial charge in [0.05, 0.1) is 25.6 Å². The molecule has 1 heterocycles. The van der Waals surface area contributed by atoms with Gasteiger partial charge in [-0.3, -0.25) is 4.79 Å². The zero-order chi connectivity index (χ0) is 27.8. The Kier molecular flexibility index (Phi) is 9.44. The molecule has 3 rings (SSSR count). The Labute approximate surface area is 223 Å². The predicted molar refractivity (Wildman–Crippen MR) is 143 cm³/mol. The normalized spacial score (nSPS) is 12.5. The topological polar surface area (TPSA) is 117 Å². The van der Waals surface area contributed by atoms with Crippen molar-refractivity contribution in [1.82, 2.24) is 25.5 Å². The van der Waals surface area contributed by atoms with Crippen LogP contribution in [-0.4, -0.2) is 56.1 Å². The van der Waals surface area contributed by atoms with E-state index in [9.17, 15) is 9.59 Å². The van der Waals surface area contributed by atoms with Gasteiger partial charge in [0.1, 0.15) is 17.0 Å². The monoisotopic (exact) mass is 523 g/mol. The summed E-state index contributed by atoms with van der Waals surface area (Å²) in [6.45, 7) is 11.3. The molecule has 0 aliphatic rings. The second kappa shape index (κ2) is 12.5. The highest BCUT2D eigenvalue weighted by atomic mass is 16.6. The molecule has 1 atom stereocenters. The third-order valence-electron chi connectivity index (χ3n) is 4.99. The fourth-order valence-electron chi connectivity index (χ4n) is 3.51. The van der Waals surface area contributed by atoms with Gasteiger partial charge in [-0.25, -0.2) is 4.79 Å². The molecule has 10 heteroatoms. The van der Waals surface area contributed by atoms with Crippen LogP contribution in [0.2, 0.25) is 0 Å². The number of amides is 1. The van der Waals surface area contributed by atoms with Crippen LogP contribution < -0.4 is 10.1 Å². The van der Waals surface area contributed by atoms with Crippen LogP contribution >= 0.6 is 0 Å². The van der Waals surface area contributed by atoms with Crippen molar-refractivity contribution in [2.75, 3.05) is 6.61 Å². The quantitative estimate of drug-likeness (QED) is 0.384. The Morgan fingerprint density at radius 2 is 1.66 bits per heavy atom. The summed E-state index contributed by atoms with van der Waals surface area (Å²) in [5, 5.41) is 15.4. The fraction of sp³-hybridized carbons (Fsp3) is 0.464. The van der Waals surface area contributed by atoms with Crippen molar-refractivity contribution in [2.24, 2.45) is 0 Å². The molecule has 0 spiro atoms. The lowest BCUT2D eigenvalue weighted by atomic mass is 10.1. The molecular formula is C28H37N5O5. The number of hydrogen-bond donors (Lipinski definition) is 1. The van der Waals surface area contributed by atoms with Crippen LogP contribution in [0.4, 0.5) is 4.79 Å². The highest BCUT2D eigenvalue weighted by Gasteiger charge is 2.25. The smallest absolute Gasteiger partial charge is 0.407 e. The number of benzene rings is 2. The number of carbonyl (C=O) groups is 2. The molecule has 0 aliphatic carbocycles. The fourth-order valence-corrected chi connectivity index (χ4v) is 3.51. The number of ether oxygens (including phenoxy) is 3. The maximum Gasteiger partial charge on any atom is 0.407 e. The van der Waals surface area contributed by atoms with Crippen molar-refractivity contribution in [3.05, 3.63) is 60.2 Å². The Morgan fingerprint density at radius 3 is 2.34 bits per heavy atom. The molecule has 204 valence electrons. The Hall–Kier alpha value is -3.95. The lowest BCUT2D eigenvalue weighted by Crippen LogP contribution is -2.43. The van der Waals surface area contributed by atoms with Gasteiger partial charge in [-0.2, -0.15) is 4.80 Å². The molecule has 1 aromatic heterocycles. The maximum absolute atomic E-state index is 12.5. The van der Waals surface area contributed by atoms with Gasteiger partial charge in [0.25, 0.3) is 0 Å². The van der Waals surface area contributed by atoms with Gasteiger partial charge >= 0.3 is 12.1 Å². The van der Waals surface area contributed by atoms with Gasteiger partial charge in [0.15, 0.2) is 0 Å². The summed E-state index contributed by atoms with van der Waals surface area (Å²) in [5.74, 6) is 0.634. The molecule has 1 amide bonds. The molecule has 3 aromatic rings. The number of hydrogen-bond acceptors (Lipinski definition) is 8. The average Bonchev–Trinajstić information content (AvgIpc) is 3.26. The molecule has 0 radical (unpaired) electrons.